The van der Waals surface area contributed by atoms with E-state index in [1.807, 2.05) is 18.2 Å². The summed E-state index contributed by atoms with van der Waals surface area (Å²) in [7, 11) is 0. The zero-order valence-electron chi connectivity index (χ0n) is 12.2. The standard InChI is InChI=1S/C16H23NO4/c18-16(19)15-11-14(21-17-15)9-5-2-6-10-20-12-13-7-3-1-4-8-13/h1,3-4,7-8,14-15,17H,2,5-6,9-12H2,(H,18,19). The number of aliphatic carboxylic acids is 1. The number of rotatable bonds is 9. The average Bonchev–Trinajstić information content (AvgIpc) is 2.96. The van der Waals surface area contributed by atoms with Gasteiger partial charge in [-0.2, -0.15) is 5.48 Å². The molecule has 116 valence electrons. The van der Waals surface area contributed by atoms with E-state index in [9.17, 15) is 4.79 Å². The molecule has 5 heteroatoms. The lowest BCUT2D eigenvalue weighted by molar-refractivity contribution is -0.140. The maximum absolute atomic E-state index is 10.8. The Bertz CT molecular complexity index is 424. The molecule has 0 spiro atoms. The number of carbonyl (C=O) groups is 1. The van der Waals surface area contributed by atoms with Crippen LogP contribution < -0.4 is 5.48 Å². The second-order valence-electron chi connectivity index (χ2n) is 5.37. The lowest BCUT2D eigenvalue weighted by Crippen LogP contribution is -2.29. The summed E-state index contributed by atoms with van der Waals surface area (Å²) in [6, 6.07) is 9.59. The summed E-state index contributed by atoms with van der Waals surface area (Å²) in [6.45, 7) is 1.42. The lowest BCUT2D eigenvalue weighted by atomic mass is 10.1. The SMILES string of the molecule is O=C(O)C1CC(CCCCCOCc2ccccc2)ON1. The highest BCUT2D eigenvalue weighted by Crippen LogP contribution is 2.17. The van der Waals surface area contributed by atoms with Gasteiger partial charge in [0.2, 0.25) is 0 Å². The Morgan fingerprint density at radius 2 is 2.10 bits per heavy atom. The van der Waals surface area contributed by atoms with Crippen molar-refractivity contribution in [3.8, 4) is 0 Å². The van der Waals surface area contributed by atoms with Crippen LogP contribution in [0.4, 0.5) is 0 Å². The first-order chi connectivity index (χ1) is 10.3. The van der Waals surface area contributed by atoms with Gasteiger partial charge in [-0.05, 0) is 18.4 Å². The first-order valence-corrected chi connectivity index (χ1v) is 7.51. The van der Waals surface area contributed by atoms with Crippen LogP contribution in [0, 0.1) is 0 Å². The summed E-state index contributed by atoms with van der Waals surface area (Å²) in [6.07, 6.45) is 4.61. The Balaban J connectivity index is 1.45. The van der Waals surface area contributed by atoms with Gasteiger partial charge in [0.15, 0.2) is 0 Å². The monoisotopic (exact) mass is 293 g/mol. The van der Waals surface area contributed by atoms with E-state index in [1.165, 1.54) is 5.56 Å². The van der Waals surface area contributed by atoms with Crippen molar-refractivity contribution in [3.05, 3.63) is 35.9 Å². The van der Waals surface area contributed by atoms with Crippen LogP contribution in [-0.2, 0) is 21.0 Å². The predicted octanol–water partition coefficient (Wildman–Crippen LogP) is 2.51. The van der Waals surface area contributed by atoms with Crippen molar-refractivity contribution in [3.63, 3.8) is 0 Å². The predicted molar refractivity (Wildman–Crippen MR) is 78.6 cm³/mol. The number of hydroxylamine groups is 1. The number of ether oxygens (including phenoxy) is 1. The Hall–Kier alpha value is -1.43. The number of hydrogen-bond donors (Lipinski definition) is 2. The van der Waals surface area contributed by atoms with E-state index in [1.54, 1.807) is 0 Å². The van der Waals surface area contributed by atoms with Crippen LogP contribution in [0.25, 0.3) is 0 Å². The fourth-order valence-electron chi connectivity index (χ4n) is 2.38. The first kappa shape index (κ1) is 15.9. The molecule has 2 N–H and O–H groups in total. The molecule has 1 aromatic carbocycles. The number of nitrogens with one attached hydrogen (secondary N) is 1. The maximum atomic E-state index is 10.8. The van der Waals surface area contributed by atoms with Crippen LogP contribution in [0.1, 0.15) is 37.7 Å². The summed E-state index contributed by atoms with van der Waals surface area (Å²) in [5.74, 6) is -0.841. The third-order valence-electron chi connectivity index (χ3n) is 3.60. The van der Waals surface area contributed by atoms with Crippen LogP contribution in [-0.4, -0.2) is 29.8 Å². The van der Waals surface area contributed by atoms with E-state index in [0.29, 0.717) is 13.0 Å². The molecule has 1 aliphatic heterocycles. The molecule has 2 atom stereocenters. The largest absolute Gasteiger partial charge is 0.480 e. The second kappa shape index (κ2) is 8.77. The van der Waals surface area contributed by atoms with Gasteiger partial charge in [-0.3, -0.25) is 9.63 Å². The van der Waals surface area contributed by atoms with Crippen LogP contribution >= 0.6 is 0 Å². The fourth-order valence-corrected chi connectivity index (χ4v) is 2.38. The van der Waals surface area contributed by atoms with Gasteiger partial charge in [0, 0.05) is 13.0 Å². The molecule has 2 unspecified atom stereocenters. The van der Waals surface area contributed by atoms with Gasteiger partial charge in [-0.1, -0.05) is 43.2 Å². The molecule has 0 aliphatic carbocycles. The molecule has 0 radical (unpaired) electrons. The third-order valence-corrected chi connectivity index (χ3v) is 3.60. The average molecular weight is 293 g/mol. The highest BCUT2D eigenvalue weighted by molar-refractivity contribution is 5.73. The summed E-state index contributed by atoms with van der Waals surface area (Å²) in [5, 5.41) is 8.83. The van der Waals surface area contributed by atoms with Gasteiger partial charge in [-0.25, -0.2) is 0 Å². The maximum Gasteiger partial charge on any atom is 0.323 e. The number of benzene rings is 1. The van der Waals surface area contributed by atoms with E-state index < -0.39 is 12.0 Å². The minimum atomic E-state index is -0.841. The minimum absolute atomic E-state index is 0.0244. The normalized spacial score (nSPS) is 21.5. The Morgan fingerprint density at radius 1 is 1.29 bits per heavy atom. The summed E-state index contributed by atoms with van der Waals surface area (Å²) >= 11 is 0. The molecule has 1 aromatic rings. The van der Waals surface area contributed by atoms with E-state index in [-0.39, 0.29) is 6.10 Å². The Kier molecular flexibility index (Phi) is 6.66. The number of carboxylic acids is 1. The van der Waals surface area contributed by atoms with Crippen molar-refractivity contribution in [2.24, 2.45) is 0 Å². The van der Waals surface area contributed by atoms with Crippen LogP contribution in [0.15, 0.2) is 30.3 Å². The summed E-state index contributed by atoms with van der Waals surface area (Å²) in [5.41, 5.74) is 3.76. The molecule has 1 saturated heterocycles. The van der Waals surface area contributed by atoms with Gasteiger partial charge in [0.1, 0.15) is 6.04 Å². The number of carboxylic acid groups (broad SMARTS) is 1. The van der Waals surface area contributed by atoms with Gasteiger partial charge in [0.05, 0.1) is 12.7 Å². The molecule has 0 aromatic heterocycles. The zero-order valence-corrected chi connectivity index (χ0v) is 12.2. The smallest absolute Gasteiger partial charge is 0.323 e. The van der Waals surface area contributed by atoms with Crippen molar-refractivity contribution in [2.75, 3.05) is 6.61 Å². The zero-order chi connectivity index (χ0) is 14.9. The molecule has 0 saturated carbocycles. The molecule has 0 amide bonds. The summed E-state index contributed by atoms with van der Waals surface area (Å²) < 4.78 is 5.62. The van der Waals surface area contributed by atoms with Crippen molar-refractivity contribution in [2.45, 2.75) is 50.9 Å². The molecule has 5 nitrogen and oxygen atoms in total. The summed E-state index contributed by atoms with van der Waals surface area (Å²) in [4.78, 5) is 16.0. The van der Waals surface area contributed by atoms with Gasteiger partial charge < -0.3 is 9.84 Å². The molecule has 2 rings (SSSR count). The van der Waals surface area contributed by atoms with Crippen molar-refractivity contribution in [1.29, 1.82) is 0 Å². The highest BCUT2D eigenvalue weighted by Gasteiger charge is 2.29. The van der Waals surface area contributed by atoms with Gasteiger partial charge >= 0.3 is 5.97 Å². The molecule has 1 aliphatic rings. The van der Waals surface area contributed by atoms with Gasteiger partial charge in [-0.15, -0.1) is 0 Å². The van der Waals surface area contributed by atoms with E-state index >= 15 is 0 Å². The first-order valence-electron chi connectivity index (χ1n) is 7.51. The van der Waals surface area contributed by atoms with Crippen LogP contribution in [0.3, 0.4) is 0 Å². The van der Waals surface area contributed by atoms with E-state index in [2.05, 4.69) is 17.6 Å². The highest BCUT2D eigenvalue weighted by atomic mass is 16.7. The molecular weight excluding hydrogens is 270 g/mol. The van der Waals surface area contributed by atoms with E-state index in [0.717, 1.165) is 32.3 Å². The third kappa shape index (κ3) is 5.83. The van der Waals surface area contributed by atoms with Crippen molar-refractivity contribution >= 4 is 5.97 Å². The van der Waals surface area contributed by atoms with Crippen LogP contribution in [0.2, 0.25) is 0 Å². The van der Waals surface area contributed by atoms with Crippen molar-refractivity contribution < 1.29 is 19.5 Å². The lowest BCUT2D eigenvalue weighted by Gasteiger charge is -2.07. The fraction of sp³-hybridized carbons (Fsp3) is 0.562. The molecule has 1 fully saturated rings. The quantitative estimate of drug-likeness (QED) is 0.685. The molecule has 1 heterocycles. The van der Waals surface area contributed by atoms with Crippen molar-refractivity contribution in [1.82, 2.24) is 5.48 Å². The Labute approximate surface area is 125 Å². The molecule has 0 bridgehead atoms. The topological polar surface area (TPSA) is 67.8 Å². The van der Waals surface area contributed by atoms with E-state index in [4.69, 9.17) is 14.7 Å². The number of hydrogen-bond acceptors (Lipinski definition) is 4. The van der Waals surface area contributed by atoms with Crippen LogP contribution in [0.5, 0.6) is 0 Å². The Morgan fingerprint density at radius 3 is 2.81 bits per heavy atom. The van der Waals surface area contributed by atoms with Gasteiger partial charge in [0.25, 0.3) is 0 Å². The molecule has 21 heavy (non-hydrogen) atoms. The number of unbranched alkanes of at least 4 members (excludes halogenated alkanes) is 2. The molecular formula is C16H23NO4. The second-order valence-corrected chi connectivity index (χ2v) is 5.37. The minimum Gasteiger partial charge on any atom is -0.480 e.